The number of furan rings is 1. The van der Waals surface area contributed by atoms with Gasteiger partial charge < -0.3 is 9.32 Å². The molecule has 1 aromatic heterocycles. The van der Waals surface area contributed by atoms with Gasteiger partial charge in [-0.15, -0.1) is 0 Å². The predicted octanol–water partition coefficient (Wildman–Crippen LogP) is 17.4. The van der Waals surface area contributed by atoms with Crippen LogP contribution in [0.5, 0.6) is 0 Å². The van der Waals surface area contributed by atoms with Crippen LogP contribution >= 0.6 is 0 Å². The number of benzene rings is 9. The van der Waals surface area contributed by atoms with Crippen LogP contribution in [0.1, 0.15) is 43.2 Å². The first-order valence-corrected chi connectivity index (χ1v) is 24.1. The molecule has 2 heteroatoms. The lowest BCUT2D eigenvalue weighted by molar-refractivity contribution is -0.0399. The lowest BCUT2D eigenvalue weighted by Gasteiger charge is -2.61. The van der Waals surface area contributed by atoms with Crippen LogP contribution in [0.3, 0.4) is 0 Å². The SMILES string of the molecule is c1ccc(-c2ccccc2-c2ccccc2-c2ccccc2N(c2ccc(-c3ccc4c(c3)C3(c5ccccc5-4)C4CC5CC(C4)CC3C5)cc2)c2cccc3oc4ccccc4c23)cc1. The summed E-state index contributed by atoms with van der Waals surface area (Å²) in [5, 5.41) is 2.21. The van der Waals surface area contributed by atoms with Crippen molar-refractivity contribution < 1.29 is 4.42 Å². The lowest BCUT2D eigenvalue weighted by atomic mass is 9.43. The van der Waals surface area contributed by atoms with Crippen molar-refractivity contribution in [2.45, 2.75) is 37.5 Å². The maximum atomic E-state index is 6.56. The van der Waals surface area contributed by atoms with Gasteiger partial charge in [0, 0.05) is 22.1 Å². The molecule has 4 bridgehead atoms. The monoisotopic (exact) mass is 847 g/mol. The van der Waals surface area contributed by atoms with E-state index in [9.17, 15) is 0 Å². The minimum absolute atomic E-state index is 0.139. The third-order valence-electron chi connectivity index (χ3n) is 16.3. The van der Waals surface area contributed by atoms with E-state index in [1.54, 1.807) is 11.1 Å². The molecule has 5 aliphatic carbocycles. The van der Waals surface area contributed by atoms with Crippen molar-refractivity contribution in [2.75, 3.05) is 4.90 Å². The summed E-state index contributed by atoms with van der Waals surface area (Å²) >= 11 is 0. The number of nitrogens with zero attached hydrogens (tertiary/aromatic N) is 1. The highest BCUT2D eigenvalue weighted by molar-refractivity contribution is 6.14. The molecule has 66 heavy (non-hydrogen) atoms. The molecule has 0 radical (unpaired) electrons. The van der Waals surface area contributed by atoms with Crippen molar-refractivity contribution >= 4 is 39.0 Å². The van der Waals surface area contributed by atoms with Crippen LogP contribution in [-0.2, 0) is 5.41 Å². The molecule has 0 aliphatic heterocycles. The third kappa shape index (κ3) is 5.61. The Morgan fingerprint density at radius 3 is 1.67 bits per heavy atom. The zero-order chi connectivity index (χ0) is 43.3. The van der Waals surface area contributed by atoms with Gasteiger partial charge in [0.1, 0.15) is 11.2 Å². The average molecular weight is 848 g/mol. The van der Waals surface area contributed by atoms with Gasteiger partial charge in [0.2, 0.25) is 0 Å². The summed E-state index contributed by atoms with van der Waals surface area (Å²) in [4.78, 5) is 2.46. The molecule has 10 aromatic rings. The topological polar surface area (TPSA) is 16.4 Å². The Hall–Kier alpha value is -7.42. The fourth-order valence-electron chi connectivity index (χ4n) is 13.9. The summed E-state index contributed by atoms with van der Waals surface area (Å²) in [6.07, 6.45) is 7.02. The Labute approximate surface area is 386 Å². The Bertz CT molecular complexity index is 3480. The summed E-state index contributed by atoms with van der Waals surface area (Å²) in [7, 11) is 0. The molecule has 0 atom stereocenters. The molecular weight excluding hydrogens is 799 g/mol. The van der Waals surface area contributed by atoms with Crippen LogP contribution in [0.2, 0.25) is 0 Å². The second kappa shape index (κ2) is 14.8. The second-order valence-electron chi connectivity index (χ2n) is 19.6. The average Bonchev–Trinajstić information content (AvgIpc) is 3.90. The van der Waals surface area contributed by atoms with Crippen LogP contribution in [0.25, 0.3) is 77.6 Å². The molecule has 0 N–H and O–H groups in total. The van der Waals surface area contributed by atoms with Gasteiger partial charge in [0.15, 0.2) is 0 Å². The number of rotatable bonds is 7. The molecule has 0 amide bonds. The highest BCUT2D eigenvalue weighted by atomic mass is 16.3. The lowest BCUT2D eigenvalue weighted by Crippen LogP contribution is -2.55. The molecule has 4 fully saturated rings. The Balaban J connectivity index is 0.930. The predicted molar refractivity (Wildman–Crippen MR) is 273 cm³/mol. The van der Waals surface area contributed by atoms with Crippen LogP contribution < -0.4 is 4.90 Å². The molecule has 2 nitrogen and oxygen atoms in total. The summed E-state index contributed by atoms with van der Waals surface area (Å²) in [5.41, 5.74) is 21.1. The van der Waals surface area contributed by atoms with Gasteiger partial charge in [-0.1, -0.05) is 170 Å². The van der Waals surface area contributed by atoms with E-state index in [4.69, 9.17) is 4.42 Å². The quantitative estimate of drug-likeness (QED) is 0.159. The Morgan fingerprint density at radius 1 is 0.364 bits per heavy atom. The first kappa shape index (κ1) is 37.9. The van der Waals surface area contributed by atoms with Crippen molar-refractivity contribution in [2.24, 2.45) is 23.7 Å². The fourth-order valence-corrected chi connectivity index (χ4v) is 13.9. The van der Waals surface area contributed by atoms with E-state index in [0.717, 1.165) is 68.2 Å². The molecule has 4 saturated carbocycles. The first-order valence-electron chi connectivity index (χ1n) is 24.1. The maximum absolute atomic E-state index is 6.56. The maximum Gasteiger partial charge on any atom is 0.137 e. The van der Waals surface area contributed by atoms with Gasteiger partial charge in [0.25, 0.3) is 0 Å². The number of anilines is 3. The molecule has 0 unspecified atom stereocenters. The molecule has 9 aromatic carbocycles. The minimum atomic E-state index is 0.139. The number of fused-ring (bicyclic) bond motifs is 6. The highest BCUT2D eigenvalue weighted by Crippen LogP contribution is 2.69. The molecule has 1 spiro atoms. The minimum Gasteiger partial charge on any atom is -0.456 e. The standard InChI is InChI=1S/C64H49NO/c1-2-15-44(16-3-1)49-17-4-5-18-50(49)51-19-6-7-20-52(51)55-22-9-12-25-59(55)65(60-26-14-28-62-63(60)56-23-10-13-27-61(56)66-62)48-32-29-43(30-33-48)45-31-34-54-53-21-8-11-24-57(53)64(58(54)40-45)46-36-41-35-42(38-46)39-47(64)37-41/h1-34,40-42,46-47H,35-39H2. The van der Waals surface area contributed by atoms with E-state index in [1.807, 2.05) is 0 Å². The molecule has 316 valence electrons. The van der Waals surface area contributed by atoms with E-state index in [1.165, 1.54) is 82.2 Å². The van der Waals surface area contributed by atoms with E-state index in [2.05, 4.69) is 217 Å². The van der Waals surface area contributed by atoms with Crippen molar-refractivity contribution in [1.82, 2.24) is 0 Å². The number of hydrogen-bond acceptors (Lipinski definition) is 2. The summed E-state index contributed by atoms with van der Waals surface area (Å²) in [5.74, 6) is 3.31. The molecule has 15 rings (SSSR count). The van der Waals surface area contributed by atoms with Crippen LogP contribution in [0, 0.1) is 23.7 Å². The zero-order valence-corrected chi connectivity index (χ0v) is 36.9. The molecular formula is C64H49NO. The number of hydrogen-bond donors (Lipinski definition) is 0. The van der Waals surface area contributed by atoms with Gasteiger partial charge in [-0.25, -0.2) is 0 Å². The van der Waals surface area contributed by atoms with E-state index < -0.39 is 0 Å². The van der Waals surface area contributed by atoms with E-state index >= 15 is 0 Å². The van der Waals surface area contributed by atoms with Crippen LogP contribution in [0.15, 0.2) is 217 Å². The second-order valence-corrected chi connectivity index (χ2v) is 19.6. The van der Waals surface area contributed by atoms with Crippen LogP contribution in [0.4, 0.5) is 17.1 Å². The Morgan fingerprint density at radius 2 is 0.909 bits per heavy atom. The normalized spacial score (nSPS) is 21.1. The number of para-hydroxylation sites is 2. The summed E-state index contributed by atoms with van der Waals surface area (Å²) < 4.78 is 6.56. The van der Waals surface area contributed by atoms with Crippen molar-refractivity contribution in [3.8, 4) is 55.6 Å². The van der Waals surface area contributed by atoms with Crippen molar-refractivity contribution in [3.05, 3.63) is 223 Å². The molecule has 0 saturated heterocycles. The Kier molecular flexibility index (Phi) is 8.50. The van der Waals surface area contributed by atoms with Gasteiger partial charge in [-0.3, -0.25) is 0 Å². The highest BCUT2D eigenvalue weighted by Gasteiger charge is 2.61. The summed E-state index contributed by atoms with van der Waals surface area (Å²) in [6.45, 7) is 0. The third-order valence-corrected chi connectivity index (χ3v) is 16.3. The van der Waals surface area contributed by atoms with Crippen molar-refractivity contribution in [1.29, 1.82) is 0 Å². The fraction of sp³-hybridized carbons (Fsp3) is 0.156. The van der Waals surface area contributed by atoms with E-state index in [-0.39, 0.29) is 5.41 Å². The van der Waals surface area contributed by atoms with Gasteiger partial charge in [-0.2, -0.15) is 0 Å². The molecule has 5 aliphatic rings. The largest absolute Gasteiger partial charge is 0.456 e. The zero-order valence-electron chi connectivity index (χ0n) is 36.9. The van der Waals surface area contributed by atoms with Crippen LogP contribution in [-0.4, -0.2) is 0 Å². The first-order chi connectivity index (χ1) is 32.7. The van der Waals surface area contributed by atoms with E-state index in [0.29, 0.717) is 0 Å². The smallest absolute Gasteiger partial charge is 0.137 e. The van der Waals surface area contributed by atoms with Gasteiger partial charge >= 0.3 is 0 Å². The van der Waals surface area contributed by atoms with Gasteiger partial charge in [0.05, 0.1) is 16.8 Å². The summed E-state index contributed by atoms with van der Waals surface area (Å²) in [6, 6.07) is 78.6. The molecule has 1 heterocycles. The van der Waals surface area contributed by atoms with Crippen molar-refractivity contribution in [3.63, 3.8) is 0 Å². The van der Waals surface area contributed by atoms with Gasteiger partial charge in [-0.05, 0) is 159 Å².